The number of carbonyl (C=O) groups excluding carboxylic acids is 1. The van der Waals surface area contributed by atoms with Gasteiger partial charge in [-0.1, -0.05) is 45.3 Å². The van der Waals surface area contributed by atoms with E-state index in [1.54, 1.807) is 52.0 Å². The third-order valence-corrected chi connectivity index (χ3v) is 5.20. The Hall–Kier alpha value is -2.85. The van der Waals surface area contributed by atoms with E-state index in [4.69, 9.17) is 21.2 Å². The maximum atomic E-state index is 14.3. The number of hydroxylamine groups is 2. The van der Waals surface area contributed by atoms with Crippen molar-refractivity contribution in [1.82, 2.24) is 9.43 Å². The van der Waals surface area contributed by atoms with Crippen molar-refractivity contribution in [3.8, 4) is 11.1 Å². The van der Waals surface area contributed by atoms with Crippen molar-refractivity contribution in [2.45, 2.75) is 45.9 Å². The average molecular weight is 494 g/mol. The van der Waals surface area contributed by atoms with Gasteiger partial charge in [0.2, 0.25) is 6.10 Å². The number of hydrogen-bond donors (Lipinski definition) is 1. The van der Waals surface area contributed by atoms with Gasteiger partial charge in [0.05, 0.1) is 6.61 Å². The summed E-state index contributed by atoms with van der Waals surface area (Å²) >= 11 is 6.00. The molecule has 0 aliphatic carbocycles. The minimum Gasteiger partial charge on any atom is -0.464 e. The number of benzene rings is 2. The molecular weight excluding hydrogens is 467 g/mol. The standard InChI is InChI=1S/C24H27ClFN2O6/c1-5-33-23(32)20(29)14-28(34-24(2,3)4,27-21(30)22(27)31)13-15-6-8-16(9-7-15)18-12-17(25)10-11-19(18)26/h6-12,20,29H,5,13-14H2,1-4H3/q+1/t20?,28-/m1/s1. The molecule has 0 aliphatic rings. The van der Waals surface area contributed by atoms with Gasteiger partial charge < -0.3 is 9.84 Å². The minimum atomic E-state index is -1.65. The smallest absolute Gasteiger partial charge is 0.373 e. The summed E-state index contributed by atoms with van der Waals surface area (Å²) in [6.07, 6.45) is -1.65. The number of aliphatic hydroxyl groups is 1. The van der Waals surface area contributed by atoms with Crippen molar-refractivity contribution in [2.75, 3.05) is 13.2 Å². The quantitative estimate of drug-likeness (QED) is 0.213. The van der Waals surface area contributed by atoms with Crippen LogP contribution in [0.4, 0.5) is 4.39 Å². The van der Waals surface area contributed by atoms with Crippen molar-refractivity contribution in [3.05, 3.63) is 79.6 Å². The van der Waals surface area contributed by atoms with Gasteiger partial charge in [-0.3, -0.25) is 9.59 Å². The van der Waals surface area contributed by atoms with Gasteiger partial charge in [0, 0.05) is 16.1 Å². The number of rotatable bonds is 9. The van der Waals surface area contributed by atoms with Crippen molar-refractivity contribution in [3.63, 3.8) is 0 Å². The molecule has 2 atom stereocenters. The van der Waals surface area contributed by atoms with Crippen LogP contribution < -0.4 is 15.9 Å². The first-order valence-electron chi connectivity index (χ1n) is 10.7. The Morgan fingerprint density at radius 1 is 1.15 bits per heavy atom. The fourth-order valence-corrected chi connectivity index (χ4v) is 3.84. The second-order valence-corrected chi connectivity index (χ2v) is 9.34. The van der Waals surface area contributed by atoms with Crippen LogP contribution in [0.5, 0.6) is 0 Å². The maximum Gasteiger partial charge on any atom is 0.373 e. The fraction of sp³-hybridized carbons (Fsp3) is 0.375. The second-order valence-electron chi connectivity index (χ2n) is 8.90. The zero-order valence-corrected chi connectivity index (χ0v) is 20.1. The van der Waals surface area contributed by atoms with E-state index in [1.165, 1.54) is 18.2 Å². The van der Waals surface area contributed by atoms with Crippen molar-refractivity contribution in [2.24, 2.45) is 0 Å². The lowest BCUT2D eigenvalue weighted by molar-refractivity contribution is -0.290. The third-order valence-electron chi connectivity index (χ3n) is 4.97. The zero-order chi connectivity index (χ0) is 25.3. The summed E-state index contributed by atoms with van der Waals surface area (Å²) in [5.74, 6) is -1.33. The highest BCUT2D eigenvalue weighted by molar-refractivity contribution is 6.30. The van der Waals surface area contributed by atoms with Crippen LogP contribution in [0, 0.1) is 5.82 Å². The van der Waals surface area contributed by atoms with Crippen LogP contribution in [0.3, 0.4) is 0 Å². The number of hydrogen-bond acceptors (Lipinski definition) is 6. The molecule has 1 unspecified atom stereocenters. The van der Waals surface area contributed by atoms with Gasteiger partial charge in [0.1, 0.15) is 11.4 Å². The predicted octanol–water partition coefficient (Wildman–Crippen LogP) is 2.84. The first-order valence-corrected chi connectivity index (χ1v) is 11.1. The highest BCUT2D eigenvalue weighted by Crippen LogP contribution is 2.28. The summed E-state index contributed by atoms with van der Waals surface area (Å²) in [4.78, 5) is 42.6. The summed E-state index contributed by atoms with van der Waals surface area (Å²) in [6.45, 7) is 6.32. The first kappa shape index (κ1) is 25.8. The van der Waals surface area contributed by atoms with Crippen LogP contribution in [0.2, 0.25) is 5.02 Å². The topological polar surface area (TPSA) is 94.8 Å². The molecule has 0 saturated carbocycles. The predicted molar refractivity (Wildman–Crippen MR) is 126 cm³/mol. The summed E-state index contributed by atoms with van der Waals surface area (Å²) in [7, 11) is 0. The van der Waals surface area contributed by atoms with E-state index in [-0.39, 0.29) is 13.2 Å². The second kappa shape index (κ2) is 9.79. The average Bonchev–Trinajstić information content (AvgIpc) is 3.36. The van der Waals surface area contributed by atoms with E-state index >= 15 is 0 Å². The van der Waals surface area contributed by atoms with E-state index in [1.807, 2.05) is 0 Å². The molecule has 0 aliphatic heterocycles. The molecule has 182 valence electrons. The van der Waals surface area contributed by atoms with Gasteiger partial charge in [-0.15, -0.1) is 0 Å². The number of aliphatic hydroxyl groups excluding tert-OH is 1. The van der Waals surface area contributed by atoms with Gasteiger partial charge in [-0.05, 0) is 51.5 Å². The van der Waals surface area contributed by atoms with Gasteiger partial charge >= 0.3 is 17.1 Å². The maximum absolute atomic E-state index is 14.3. The molecule has 3 aromatic rings. The molecule has 10 heteroatoms. The minimum absolute atomic E-state index is 0.0547. The number of carbonyl (C=O) groups is 1. The van der Waals surface area contributed by atoms with Gasteiger partial charge in [0.15, 0.2) is 13.1 Å². The molecule has 2 aromatic carbocycles. The molecule has 1 aromatic heterocycles. The van der Waals surface area contributed by atoms with Crippen molar-refractivity contribution >= 4 is 17.6 Å². The molecule has 3 rings (SSSR count). The molecule has 8 nitrogen and oxygen atoms in total. The number of esters is 1. The van der Waals surface area contributed by atoms with Crippen molar-refractivity contribution < 1.29 is 23.9 Å². The molecule has 34 heavy (non-hydrogen) atoms. The molecule has 0 radical (unpaired) electrons. The Morgan fingerprint density at radius 2 is 1.76 bits per heavy atom. The monoisotopic (exact) mass is 493 g/mol. The SMILES string of the molecule is CCOC(=O)C(O)C[N@@+](Cc1ccc(-c2cc(Cl)ccc2F)cc1)(OC(C)(C)C)n1c(=O)c1=O. The largest absolute Gasteiger partial charge is 0.464 e. The Kier molecular flexibility index (Phi) is 7.42. The lowest BCUT2D eigenvalue weighted by atomic mass is 10.0. The van der Waals surface area contributed by atoms with E-state index in [2.05, 4.69) is 0 Å². The zero-order valence-electron chi connectivity index (χ0n) is 19.4. The number of ether oxygens (including phenoxy) is 1. The summed E-state index contributed by atoms with van der Waals surface area (Å²) in [6, 6.07) is 11.0. The number of halogens is 2. The molecule has 0 spiro atoms. The van der Waals surface area contributed by atoms with Gasteiger partial charge in [-0.25, -0.2) is 9.18 Å². The van der Waals surface area contributed by atoms with E-state index in [0.717, 1.165) is 4.68 Å². The normalized spacial score (nSPS) is 14.7. The molecule has 0 saturated heterocycles. The van der Waals surface area contributed by atoms with E-state index in [0.29, 0.717) is 21.7 Å². The van der Waals surface area contributed by atoms with Crippen LogP contribution in [-0.4, -0.2) is 40.6 Å². The molecule has 1 heterocycles. The Bertz CT molecular complexity index is 1220. The van der Waals surface area contributed by atoms with Crippen LogP contribution in [0.25, 0.3) is 11.1 Å². The summed E-state index contributed by atoms with van der Waals surface area (Å²) < 4.78 is 19.2. The molecule has 0 fully saturated rings. The van der Waals surface area contributed by atoms with E-state index in [9.17, 15) is 23.9 Å². The molecule has 0 bridgehead atoms. The lowest BCUT2D eigenvalue weighted by Crippen LogP contribution is -2.64. The van der Waals surface area contributed by atoms with Gasteiger partial charge in [0.25, 0.3) is 0 Å². The van der Waals surface area contributed by atoms with Gasteiger partial charge in [-0.2, -0.15) is 4.84 Å². The molecule has 0 amide bonds. The lowest BCUT2D eigenvalue weighted by Gasteiger charge is -2.37. The Balaban J connectivity index is 2.00. The highest BCUT2D eigenvalue weighted by atomic mass is 35.5. The fourth-order valence-electron chi connectivity index (χ4n) is 3.67. The van der Waals surface area contributed by atoms with E-state index < -0.39 is 45.9 Å². The Labute approximate surface area is 200 Å². The number of aromatic nitrogens is 1. The van der Waals surface area contributed by atoms with Crippen LogP contribution in [-0.2, 0) is 20.9 Å². The first-order chi connectivity index (χ1) is 15.9. The summed E-state index contributed by atoms with van der Waals surface area (Å²) in [5.41, 5.74) is -0.944. The van der Waals surface area contributed by atoms with Crippen LogP contribution >= 0.6 is 11.6 Å². The number of nitrogens with zero attached hydrogens (tertiary/aromatic N) is 2. The molecular formula is C24H27ClFN2O6+. The highest BCUT2D eigenvalue weighted by Gasteiger charge is 2.49. The summed E-state index contributed by atoms with van der Waals surface area (Å²) in [5, 5.41) is 10.9. The Morgan fingerprint density at radius 3 is 2.29 bits per heavy atom. The molecule has 1 N–H and O–H groups in total. The number of quaternary nitrogens is 1. The van der Waals surface area contributed by atoms with Crippen LogP contribution in [0.1, 0.15) is 33.3 Å². The van der Waals surface area contributed by atoms with Crippen LogP contribution in [0.15, 0.2) is 52.1 Å². The third kappa shape index (κ3) is 5.79. The van der Waals surface area contributed by atoms with Crippen molar-refractivity contribution in [1.29, 1.82) is 0 Å².